The van der Waals surface area contributed by atoms with Gasteiger partial charge in [0.2, 0.25) is 0 Å². The van der Waals surface area contributed by atoms with Crippen molar-refractivity contribution in [2.45, 2.75) is 13.3 Å². The molecular formula is C10H12IN3. The van der Waals surface area contributed by atoms with Gasteiger partial charge in [-0.2, -0.15) is 0 Å². The van der Waals surface area contributed by atoms with Crippen molar-refractivity contribution in [2.75, 3.05) is 0 Å². The summed E-state index contributed by atoms with van der Waals surface area (Å²) in [7, 11) is 0. The summed E-state index contributed by atoms with van der Waals surface area (Å²) in [6.45, 7) is 5.96. The van der Waals surface area contributed by atoms with Crippen molar-refractivity contribution >= 4 is 28.3 Å². The molecule has 0 aliphatic heterocycles. The zero-order valence-electron chi connectivity index (χ0n) is 8.00. The van der Waals surface area contributed by atoms with Crippen LogP contribution in [0.25, 0.3) is 5.70 Å². The molecule has 0 atom stereocenters. The Morgan fingerprint density at radius 2 is 2.43 bits per heavy atom. The summed E-state index contributed by atoms with van der Waals surface area (Å²) in [4.78, 5) is 8.11. The van der Waals surface area contributed by atoms with E-state index in [-0.39, 0.29) is 0 Å². The molecule has 14 heavy (non-hydrogen) atoms. The molecular weight excluding hydrogens is 289 g/mol. The molecule has 0 aliphatic carbocycles. The van der Waals surface area contributed by atoms with E-state index in [9.17, 15) is 0 Å². The van der Waals surface area contributed by atoms with Crippen molar-refractivity contribution < 1.29 is 0 Å². The first-order valence-electron chi connectivity index (χ1n) is 4.32. The minimum Gasteiger partial charge on any atom is -0.361 e. The Kier molecular flexibility index (Phi) is 4.58. The molecule has 1 aromatic heterocycles. The van der Waals surface area contributed by atoms with Gasteiger partial charge in [0.25, 0.3) is 0 Å². The van der Waals surface area contributed by atoms with Crippen molar-refractivity contribution in [3.63, 3.8) is 0 Å². The van der Waals surface area contributed by atoms with Gasteiger partial charge in [-0.05, 0) is 41.3 Å². The molecule has 0 amide bonds. The number of rotatable bonds is 4. The van der Waals surface area contributed by atoms with Crippen LogP contribution in [0.3, 0.4) is 0 Å². The standard InChI is InChI=1S/C10H12IN3/c1-3-4-5-12-8(2)9-6-10(11)14-7-13-9/h4-7,12H,2-3H2,1H3/b5-4-. The van der Waals surface area contributed by atoms with E-state index in [0.717, 1.165) is 21.5 Å². The van der Waals surface area contributed by atoms with Crippen LogP contribution in [0.5, 0.6) is 0 Å². The van der Waals surface area contributed by atoms with Crippen LogP contribution in [0.15, 0.2) is 31.2 Å². The maximum Gasteiger partial charge on any atom is 0.117 e. The van der Waals surface area contributed by atoms with Crippen LogP contribution < -0.4 is 5.32 Å². The minimum absolute atomic E-state index is 0.787. The lowest BCUT2D eigenvalue weighted by Crippen LogP contribution is -2.04. The van der Waals surface area contributed by atoms with E-state index in [2.05, 4.69) is 51.4 Å². The summed E-state index contributed by atoms with van der Waals surface area (Å²) < 4.78 is 0.912. The summed E-state index contributed by atoms with van der Waals surface area (Å²) in [5.74, 6) is 0. The Morgan fingerprint density at radius 3 is 3.07 bits per heavy atom. The number of hydrogen-bond acceptors (Lipinski definition) is 3. The third-order valence-electron chi connectivity index (χ3n) is 1.55. The molecule has 3 nitrogen and oxygen atoms in total. The van der Waals surface area contributed by atoms with Gasteiger partial charge in [-0.25, -0.2) is 9.97 Å². The highest BCUT2D eigenvalue weighted by atomic mass is 127. The van der Waals surface area contributed by atoms with Crippen molar-refractivity contribution in [2.24, 2.45) is 0 Å². The van der Waals surface area contributed by atoms with E-state index in [0.29, 0.717) is 0 Å². The number of halogens is 1. The highest BCUT2D eigenvalue weighted by molar-refractivity contribution is 14.1. The van der Waals surface area contributed by atoms with Crippen LogP contribution in [-0.4, -0.2) is 9.97 Å². The molecule has 4 heteroatoms. The fourth-order valence-electron chi connectivity index (χ4n) is 0.850. The van der Waals surface area contributed by atoms with Crippen LogP contribution in [0, 0.1) is 3.70 Å². The molecule has 0 spiro atoms. The van der Waals surface area contributed by atoms with Crippen LogP contribution in [0.2, 0.25) is 0 Å². The van der Waals surface area contributed by atoms with E-state index in [1.165, 1.54) is 6.33 Å². The van der Waals surface area contributed by atoms with E-state index in [4.69, 9.17) is 0 Å². The van der Waals surface area contributed by atoms with E-state index >= 15 is 0 Å². The Bertz CT molecular complexity index is 347. The predicted molar refractivity (Wildman–Crippen MR) is 66.3 cm³/mol. The predicted octanol–water partition coefficient (Wildman–Crippen LogP) is 2.57. The second-order valence-electron chi connectivity index (χ2n) is 2.66. The Balaban J connectivity index is 2.65. The second-order valence-corrected chi connectivity index (χ2v) is 3.76. The van der Waals surface area contributed by atoms with Gasteiger partial charge in [0.05, 0.1) is 11.4 Å². The summed E-state index contributed by atoms with van der Waals surface area (Å²) in [5, 5.41) is 3.06. The lowest BCUT2D eigenvalue weighted by atomic mass is 10.3. The van der Waals surface area contributed by atoms with Gasteiger partial charge in [0, 0.05) is 0 Å². The molecule has 0 saturated heterocycles. The molecule has 0 bridgehead atoms. The molecule has 0 saturated carbocycles. The average Bonchev–Trinajstić information content (AvgIpc) is 2.18. The molecule has 0 fully saturated rings. The number of nitrogens with one attached hydrogen (secondary N) is 1. The second kappa shape index (κ2) is 5.74. The van der Waals surface area contributed by atoms with E-state index in [1.807, 2.05) is 18.3 Å². The van der Waals surface area contributed by atoms with Gasteiger partial charge in [-0.3, -0.25) is 0 Å². The summed E-state index contributed by atoms with van der Waals surface area (Å²) in [6, 6.07) is 1.88. The van der Waals surface area contributed by atoms with Crippen molar-refractivity contribution in [3.8, 4) is 0 Å². The van der Waals surface area contributed by atoms with E-state index in [1.54, 1.807) is 0 Å². The molecule has 0 aliphatic rings. The molecule has 1 N–H and O–H groups in total. The fraction of sp³-hybridized carbons (Fsp3) is 0.200. The van der Waals surface area contributed by atoms with Gasteiger partial charge in [0.1, 0.15) is 10.0 Å². The third-order valence-corrected chi connectivity index (χ3v) is 2.14. The zero-order chi connectivity index (χ0) is 10.4. The lowest BCUT2D eigenvalue weighted by Gasteiger charge is -2.03. The number of allylic oxidation sites excluding steroid dienone is 1. The highest BCUT2D eigenvalue weighted by Gasteiger charge is 1.98. The Hall–Kier alpha value is -0.910. The number of hydrogen-bond donors (Lipinski definition) is 1. The largest absolute Gasteiger partial charge is 0.361 e. The van der Waals surface area contributed by atoms with Crippen molar-refractivity contribution in [1.29, 1.82) is 0 Å². The Morgan fingerprint density at radius 1 is 1.64 bits per heavy atom. The fourth-order valence-corrected chi connectivity index (χ4v) is 1.27. The lowest BCUT2D eigenvalue weighted by molar-refractivity contribution is 1.07. The summed E-state index contributed by atoms with van der Waals surface area (Å²) in [6.07, 6.45) is 6.43. The van der Waals surface area contributed by atoms with Crippen LogP contribution in [0.1, 0.15) is 19.0 Å². The topological polar surface area (TPSA) is 37.8 Å². The molecule has 0 radical (unpaired) electrons. The molecule has 0 unspecified atom stereocenters. The first kappa shape index (κ1) is 11.2. The number of aromatic nitrogens is 2. The zero-order valence-corrected chi connectivity index (χ0v) is 10.2. The summed E-state index contributed by atoms with van der Waals surface area (Å²) in [5.41, 5.74) is 1.61. The van der Waals surface area contributed by atoms with Crippen molar-refractivity contribution in [3.05, 3.63) is 40.6 Å². The summed E-state index contributed by atoms with van der Waals surface area (Å²) >= 11 is 2.15. The van der Waals surface area contributed by atoms with Gasteiger partial charge in [0.15, 0.2) is 0 Å². The maximum atomic E-state index is 4.11. The van der Waals surface area contributed by atoms with Crippen molar-refractivity contribution in [1.82, 2.24) is 15.3 Å². The van der Waals surface area contributed by atoms with Gasteiger partial charge >= 0.3 is 0 Å². The van der Waals surface area contributed by atoms with Gasteiger partial charge < -0.3 is 5.32 Å². The first-order chi connectivity index (χ1) is 6.74. The normalized spacial score (nSPS) is 10.4. The van der Waals surface area contributed by atoms with Gasteiger partial charge in [-0.15, -0.1) is 0 Å². The quantitative estimate of drug-likeness (QED) is 0.686. The first-order valence-corrected chi connectivity index (χ1v) is 5.40. The molecule has 1 heterocycles. The molecule has 0 aromatic carbocycles. The molecule has 1 rings (SSSR count). The highest BCUT2D eigenvalue weighted by Crippen LogP contribution is 2.07. The molecule has 1 aromatic rings. The monoisotopic (exact) mass is 301 g/mol. The van der Waals surface area contributed by atoms with E-state index < -0.39 is 0 Å². The van der Waals surface area contributed by atoms with Crippen LogP contribution >= 0.6 is 22.6 Å². The smallest absolute Gasteiger partial charge is 0.117 e. The third kappa shape index (κ3) is 3.45. The number of nitrogens with zero attached hydrogens (tertiary/aromatic N) is 2. The Labute approximate surface area is 97.5 Å². The average molecular weight is 301 g/mol. The van der Waals surface area contributed by atoms with Gasteiger partial charge in [-0.1, -0.05) is 19.6 Å². The van der Waals surface area contributed by atoms with Crippen LogP contribution in [0.4, 0.5) is 0 Å². The molecule has 74 valence electrons. The maximum absolute atomic E-state index is 4.11. The minimum atomic E-state index is 0.787. The van der Waals surface area contributed by atoms with Crippen LogP contribution in [-0.2, 0) is 0 Å². The SMILES string of the molecule is C=C(N/C=C\CC)c1cc(I)ncn1.